The summed E-state index contributed by atoms with van der Waals surface area (Å²) in [4.78, 5) is 2.59. The van der Waals surface area contributed by atoms with Gasteiger partial charge in [-0.05, 0) is 83.2 Å². The van der Waals surface area contributed by atoms with E-state index in [4.69, 9.17) is 4.42 Å². The third-order valence-electron chi connectivity index (χ3n) is 11.6. The van der Waals surface area contributed by atoms with Crippen molar-refractivity contribution < 1.29 is 4.42 Å². The van der Waals surface area contributed by atoms with Crippen LogP contribution in [0.2, 0.25) is 0 Å². The van der Waals surface area contributed by atoms with Gasteiger partial charge in [0.15, 0.2) is 0 Å². The van der Waals surface area contributed by atoms with Crippen molar-refractivity contribution in [2.24, 2.45) is 0 Å². The van der Waals surface area contributed by atoms with Crippen molar-refractivity contribution in [2.75, 3.05) is 4.81 Å². The molecule has 0 N–H and O–H groups in total. The average molecular weight is 663 g/mol. The van der Waals surface area contributed by atoms with Crippen molar-refractivity contribution in [1.82, 2.24) is 4.57 Å². The van der Waals surface area contributed by atoms with Gasteiger partial charge in [-0.3, -0.25) is 0 Å². The number of anilines is 2. The van der Waals surface area contributed by atoms with Gasteiger partial charge in [0.25, 0.3) is 0 Å². The van der Waals surface area contributed by atoms with Gasteiger partial charge in [-0.15, -0.1) is 0 Å². The van der Waals surface area contributed by atoms with Gasteiger partial charge in [0.1, 0.15) is 11.2 Å². The van der Waals surface area contributed by atoms with Crippen LogP contribution in [0, 0.1) is 13.8 Å². The van der Waals surface area contributed by atoms with Crippen LogP contribution in [-0.2, 0) is 0 Å². The zero-order chi connectivity index (χ0) is 34.2. The second-order valence-corrected chi connectivity index (χ2v) is 14.6. The highest BCUT2D eigenvalue weighted by atomic mass is 16.3. The van der Waals surface area contributed by atoms with Crippen molar-refractivity contribution in [3.63, 3.8) is 0 Å². The summed E-state index contributed by atoms with van der Waals surface area (Å²) in [7, 11) is 0. The lowest BCUT2D eigenvalue weighted by atomic mass is 9.43. The van der Waals surface area contributed by atoms with Gasteiger partial charge >= 0.3 is 6.85 Å². The highest BCUT2D eigenvalue weighted by molar-refractivity contribution is 6.93. The van der Waals surface area contributed by atoms with E-state index < -0.39 is 0 Å². The van der Waals surface area contributed by atoms with E-state index in [0.29, 0.717) is 0 Å². The van der Waals surface area contributed by atoms with Crippen LogP contribution in [0.4, 0.5) is 11.4 Å². The van der Waals surface area contributed by atoms with E-state index in [1.807, 2.05) is 0 Å². The fourth-order valence-corrected chi connectivity index (χ4v) is 9.41. The number of rotatable bonds is 2. The van der Waals surface area contributed by atoms with Gasteiger partial charge in [0.05, 0.1) is 11.0 Å². The van der Waals surface area contributed by atoms with E-state index in [1.54, 1.807) is 0 Å². The minimum absolute atomic E-state index is 0.0580. The Balaban J connectivity index is 1.35. The Morgan fingerprint density at radius 2 is 1.27 bits per heavy atom. The molecule has 0 amide bonds. The predicted molar refractivity (Wildman–Crippen MR) is 220 cm³/mol. The molecule has 0 atom stereocenters. The molecule has 4 heteroatoms. The highest BCUT2D eigenvalue weighted by Crippen LogP contribution is 2.50. The number of furan rings is 1. The van der Waals surface area contributed by atoms with Crippen molar-refractivity contribution >= 4 is 83.7 Å². The second-order valence-electron chi connectivity index (χ2n) is 14.6. The summed E-state index contributed by atoms with van der Waals surface area (Å²) in [5, 5.41) is 7.40. The van der Waals surface area contributed by atoms with Crippen LogP contribution in [0.1, 0.15) is 11.1 Å². The summed E-state index contributed by atoms with van der Waals surface area (Å²) in [5.41, 5.74) is 18.1. The molecule has 2 aliphatic heterocycles. The lowest BCUT2D eigenvalue weighted by Gasteiger charge is -2.42. The molecule has 2 aliphatic rings. The molecule has 0 radical (unpaired) electrons. The van der Waals surface area contributed by atoms with E-state index in [9.17, 15) is 0 Å². The molecule has 2 aromatic heterocycles. The largest absolute Gasteiger partial charge is 0.456 e. The quantitative estimate of drug-likeness (QED) is 0.172. The number of benzene rings is 8. The maximum atomic E-state index is 6.59. The van der Waals surface area contributed by atoms with Crippen molar-refractivity contribution in [3.05, 3.63) is 163 Å². The number of hydrogen-bond donors (Lipinski definition) is 0. The molecule has 8 aromatic carbocycles. The zero-order valence-electron chi connectivity index (χ0n) is 28.8. The Hall–Kier alpha value is -6.52. The summed E-state index contributed by atoms with van der Waals surface area (Å²) in [6.45, 7) is 4.33. The average Bonchev–Trinajstić information content (AvgIpc) is 3.73. The molecule has 10 aromatic rings. The van der Waals surface area contributed by atoms with Crippen molar-refractivity contribution in [1.29, 1.82) is 0 Å². The minimum Gasteiger partial charge on any atom is -0.456 e. The Morgan fingerprint density at radius 3 is 2.13 bits per heavy atom. The Bertz CT molecular complexity index is 3150. The zero-order valence-corrected chi connectivity index (χ0v) is 28.8. The van der Waals surface area contributed by atoms with E-state index in [-0.39, 0.29) is 6.85 Å². The number of aromatic nitrogens is 1. The van der Waals surface area contributed by atoms with Crippen LogP contribution in [0.25, 0.3) is 82.5 Å². The smallest absolute Gasteiger partial charge is 0.333 e. The Morgan fingerprint density at radius 1 is 0.500 bits per heavy atom. The highest BCUT2D eigenvalue weighted by Gasteiger charge is 2.45. The van der Waals surface area contributed by atoms with Crippen LogP contribution >= 0.6 is 0 Å². The normalized spacial score (nSPS) is 13.1. The van der Waals surface area contributed by atoms with Crippen LogP contribution < -0.4 is 15.7 Å². The Kier molecular flexibility index (Phi) is 5.45. The Labute approximate surface area is 301 Å². The number of aryl methyl sites for hydroxylation is 2. The first kappa shape index (κ1) is 28.2. The first-order chi connectivity index (χ1) is 25.6. The van der Waals surface area contributed by atoms with Gasteiger partial charge in [0, 0.05) is 55.6 Å². The molecule has 0 aliphatic carbocycles. The number of hydrogen-bond acceptors (Lipinski definition) is 2. The molecule has 3 nitrogen and oxygen atoms in total. The van der Waals surface area contributed by atoms with Gasteiger partial charge in [0.2, 0.25) is 0 Å². The van der Waals surface area contributed by atoms with Crippen LogP contribution in [0.15, 0.2) is 156 Å². The molecule has 52 heavy (non-hydrogen) atoms. The summed E-state index contributed by atoms with van der Waals surface area (Å²) in [5.74, 6) is 0. The first-order valence-electron chi connectivity index (χ1n) is 18.1. The lowest BCUT2D eigenvalue weighted by molar-refractivity contribution is 0.669. The maximum Gasteiger partial charge on any atom is 0.333 e. The fraction of sp³-hybridized carbons (Fsp3) is 0.0417. The molecule has 4 heterocycles. The molecule has 12 rings (SSSR count). The van der Waals surface area contributed by atoms with Gasteiger partial charge < -0.3 is 13.8 Å². The monoisotopic (exact) mass is 662 g/mol. The molecule has 242 valence electrons. The molecule has 0 saturated heterocycles. The fourth-order valence-electron chi connectivity index (χ4n) is 9.41. The van der Waals surface area contributed by atoms with E-state index in [0.717, 1.165) is 27.6 Å². The van der Waals surface area contributed by atoms with Gasteiger partial charge in [-0.25, -0.2) is 0 Å². The van der Waals surface area contributed by atoms with Crippen molar-refractivity contribution in [3.8, 4) is 27.9 Å². The first-order valence-corrected chi connectivity index (χ1v) is 18.1. The maximum absolute atomic E-state index is 6.59. The summed E-state index contributed by atoms with van der Waals surface area (Å²) >= 11 is 0. The molecular weight excluding hydrogens is 631 g/mol. The lowest BCUT2D eigenvalue weighted by Crippen LogP contribution is -2.60. The van der Waals surface area contributed by atoms with E-state index in [2.05, 4.69) is 175 Å². The molecule has 0 spiro atoms. The van der Waals surface area contributed by atoms with Crippen molar-refractivity contribution in [2.45, 2.75) is 13.8 Å². The van der Waals surface area contributed by atoms with Crippen LogP contribution in [0.3, 0.4) is 0 Å². The molecule has 0 fully saturated rings. The molecule has 0 saturated carbocycles. The molecule has 0 unspecified atom stereocenters. The topological polar surface area (TPSA) is 21.3 Å². The third kappa shape index (κ3) is 3.61. The van der Waals surface area contributed by atoms with Gasteiger partial charge in [-0.2, -0.15) is 0 Å². The number of para-hydroxylation sites is 1. The number of fused-ring (bicyclic) bond motifs is 13. The van der Waals surface area contributed by atoms with Crippen LogP contribution in [-0.4, -0.2) is 11.4 Å². The van der Waals surface area contributed by atoms with Gasteiger partial charge in [-0.1, -0.05) is 120 Å². The summed E-state index contributed by atoms with van der Waals surface area (Å²) in [6, 6.07) is 56.2. The SMILES string of the molecule is Cc1ccc(N2B3c4cc(C)ccc4-n4c5c3c(cc(-c3ccccc3)c5c3ccc5ccccc5c34)-c3cc4c(cc32)oc2ccccc24)cc1. The standard InChI is InChI=1S/C48H31BN2O/c1-28-16-20-32(21-17-28)51-42-27-44-38(34-14-8-9-15-43(34)52-44)26-37(42)39-25-36(30-10-4-3-5-11-30)45-35-22-19-31-12-6-7-13-33(31)47(35)50-41-23-18-29(2)24-40(41)49(51)46(39)48(45)50/h3-27H,1-2H3. The summed E-state index contributed by atoms with van der Waals surface area (Å²) < 4.78 is 9.20. The summed E-state index contributed by atoms with van der Waals surface area (Å²) in [6.07, 6.45) is 0. The molecule has 0 bridgehead atoms. The van der Waals surface area contributed by atoms with E-state index in [1.165, 1.54) is 88.3 Å². The molecular formula is C48H31BN2O. The predicted octanol–water partition coefficient (Wildman–Crippen LogP) is 11.4. The number of nitrogens with zero attached hydrogens (tertiary/aromatic N) is 2. The van der Waals surface area contributed by atoms with E-state index >= 15 is 0 Å². The minimum atomic E-state index is -0.0580. The van der Waals surface area contributed by atoms with Crippen LogP contribution in [0.5, 0.6) is 0 Å². The second kappa shape index (κ2) is 10.1. The third-order valence-corrected chi connectivity index (χ3v) is 11.6.